The Hall–Kier alpha value is -2.07. The van der Waals surface area contributed by atoms with E-state index in [1.165, 1.54) is 24.3 Å². The average molecular weight is 385 g/mol. The van der Waals surface area contributed by atoms with Gasteiger partial charge in [0.2, 0.25) is 0 Å². The normalized spacial score (nSPS) is 15.3. The molecule has 0 fully saturated rings. The van der Waals surface area contributed by atoms with Gasteiger partial charge in [0, 0.05) is 18.8 Å². The molecule has 0 atom stereocenters. The molecule has 0 unspecified atom stereocenters. The topological polar surface area (TPSA) is 33.3 Å². The van der Waals surface area contributed by atoms with Crippen molar-refractivity contribution in [3.8, 4) is 5.75 Å². The van der Waals surface area contributed by atoms with E-state index >= 15 is 0 Å². The smallest absolute Gasteiger partial charge is 0.142 e. The van der Waals surface area contributed by atoms with Crippen molar-refractivity contribution < 1.29 is 4.74 Å². The van der Waals surface area contributed by atoms with E-state index in [0.29, 0.717) is 0 Å². The zero-order valence-corrected chi connectivity index (χ0v) is 17.4. The maximum Gasteiger partial charge on any atom is 0.142 e. The molecule has 3 aliphatic heterocycles. The van der Waals surface area contributed by atoms with Gasteiger partial charge in [0.1, 0.15) is 12.4 Å². The van der Waals surface area contributed by atoms with Gasteiger partial charge in [-0.25, -0.2) is 0 Å². The number of thioether (sulfide) groups is 1. The van der Waals surface area contributed by atoms with Crippen LogP contribution in [0.3, 0.4) is 0 Å². The van der Waals surface area contributed by atoms with E-state index < -0.39 is 0 Å². The third-order valence-corrected chi connectivity index (χ3v) is 5.15. The summed E-state index contributed by atoms with van der Waals surface area (Å²) in [6, 6.07) is 16.7. The van der Waals surface area contributed by atoms with Crippen molar-refractivity contribution in [3.05, 3.63) is 71.9 Å². The Balaban J connectivity index is 0.000000146. The van der Waals surface area contributed by atoms with Gasteiger partial charge in [-0.3, -0.25) is 0 Å². The molecule has 0 aliphatic carbocycles. The standard InChI is InChI=1S/C9H10S.C8H9NO.C4H7N.C2H6/c1-2-4-9-7-10-6-5-8(9)3-1;1-2-4-8-7(3-1)9-5-6-10-8;1-2-4-5-3-1;1-2/h1-4H,5-7H2;1-4,9H,5-6H2;1,3,5H,2,4H2;1-2H3. The minimum absolute atomic E-state index is 0.775. The van der Waals surface area contributed by atoms with Gasteiger partial charge in [0.15, 0.2) is 0 Å². The van der Waals surface area contributed by atoms with Gasteiger partial charge in [-0.15, -0.1) is 0 Å². The maximum atomic E-state index is 5.36. The van der Waals surface area contributed by atoms with E-state index in [4.69, 9.17) is 4.74 Å². The van der Waals surface area contributed by atoms with Gasteiger partial charge in [0.05, 0.1) is 5.69 Å². The summed E-state index contributed by atoms with van der Waals surface area (Å²) in [4.78, 5) is 0. The number of ether oxygens (including phenoxy) is 1. The molecule has 0 radical (unpaired) electrons. The van der Waals surface area contributed by atoms with Crippen molar-refractivity contribution in [3.63, 3.8) is 0 Å². The Morgan fingerprint density at radius 2 is 1.70 bits per heavy atom. The first-order valence-electron chi connectivity index (χ1n) is 9.92. The van der Waals surface area contributed by atoms with Crippen molar-refractivity contribution in [2.45, 2.75) is 32.4 Å². The van der Waals surface area contributed by atoms with Gasteiger partial charge in [-0.05, 0) is 48.1 Å². The van der Waals surface area contributed by atoms with Crippen LogP contribution in [0.5, 0.6) is 5.75 Å². The van der Waals surface area contributed by atoms with Crippen LogP contribution < -0.4 is 15.4 Å². The first-order valence-corrected chi connectivity index (χ1v) is 11.1. The molecule has 2 aromatic rings. The second-order valence-electron chi connectivity index (χ2n) is 5.99. The summed E-state index contributed by atoms with van der Waals surface area (Å²) in [6.07, 6.45) is 6.58. The van der Waals surface area contributed by atoms with Crippen molar-refractivity contribution >= 4 is 17.4 Å². The number of para-hydroxylation sites is 2. The van der Waals surface area contributed by atoms with Crippen LogP contribution in [0.4, 0.5) is 5.69 Å². The van der Waals surface area contributed by atoms with E-state index in [0.717, 1.165) is 31.1 Å². The van der Waals surface area contributed by atoms with Gasteiger partial charge in [-0.1, -0.05) is 56.3 Å². The van der Waals surface area contributed by atoms with Crippen molar-refractivity contribution in [2.75, 3.05) is 30.8 Å². The Morgan fingerprint density at radius 3 is 2.37 bits per heavy atom. The van der Waals surface area contributed by atoms with E-state index in [2.05, 4.69) is 41.0 Å². The molecule has 0 saturated heterocycles. The first-order chi connectivity index (χ1) is 13.4. The molecule has 0 amide bonds. The molecule has 146 valence electrons. The lowest BCUT2D eigenvalue weighted by atomic mass is 10.1. The van der Waals surface area contributed by atoms with E-state index in [-0.39, 0.29) is 0 Å². The summed E-state index contributed by atoms with van der Waals surface area (Å²) in [5.74, 6) is 3.49. The molecule has 0 spiro atoms. The number of fused-ring (bicyclic) bond motifs is 2. The lowest BCUT2D eigenvalue weighted by Gasteiger charge is -2.17. The fourth-order valence-corrected chi connectivity index (χ4v) is 3.82. The van der Waals surface area contributed by atoms with Crippen molar-refractivity contribution in [1.29, 1.82) is 0 Å². The van der Waals surface area contributed by atoms with Crippen LogP contribution in [-0.4, -0.2) is 25.4 Å². The highest BCUT2D eigenvalue weighted by atomic mass is 32.2. The molecule has 2 N–H and O–H groups in total. The predicted molar refractivity (Wildman–Crippen MR) is 120 cm³/mol. The number of rotatable bonds is 0. The third-order valence-electron chi connectivity index (χ3n) is 4.14. The molecular formula is C23H32N2OS. The van der Waals surface area contributed by atoms with Crippen LogP contribution in [0.1, 0.15) is 31.4 Å². The fourth-order valence-electron chi connectivity index (χ4n) is 2.81. The summed E-state index contributed by atoms with van der Waals surface area (Å²) < 4.78 is 5.36. The highest BCUT2D eigenvalue weighted by Crippen LogP contribution is 2.25. The number of benzene rings is 2. The molecular weight excluding hydrogens is 352 g/mol. The first kappa shape index (κ1) is 21.2. The molecule has 0 aromatic heterocycles. The predicted octanol–water partition coefficient (Wildman–Crippen LogP) is 5.49. The summed E-state index contributed by atoms with van der Waals surface area (Å²) >= 11 is 2.04. The van der Waals surface area contributed by atoms with Crippen LogP contribution in [0, 0.1) is 0 Å². The summed E-state index contributed by atoms with van der Waals surface area (Å²) in [6.45, 7) is 6.83. The molecule has 4 heteroatoms. The Labute approximate surface area is 168 Å². The zero-order chi connectivity index (χ0) is 19.2. The quantitative estimate of drug-likeness (QED) is 0.629. The Bertz CT molecular complexity index is 580. The van der Waals surface area contributed by atoms with E-state index in [1.54, 1.807) is 11.1 Å². The lowest BCUT2D eigenvalue weighted by molar-refractivity contribution is 0.323. The monoisotopic (exact) mass is 384 g/mol. The Kier molecular flexibility index (Phi) is 10.3. The van der Waals surface area contributed by atoms with Crippen LogP contribution in [-0.2, 0) is 12.2 Å². The molecule has 2 aromatic carbocycles. The number of anilines is 1. The van der Waals surface area contributed by atoms with Gasteiger partial charge in [0.25, 0.3) is 0 Å². The highest BCUT2D eigenvalue weighted by molar-refractivity contribution is 7.98. The van der Waals surface area contributed by atoms with E-state index in [1.807, 2.05) is 56.1 Å². The number of hydrogen-bond acceptors (Lipinski definition) is 4. The number of aryl methyl sites for hydroxylation is 1. The number of hydrogen-bond donors (Lipinski definition) is 2. The Morgan fingerprint density at radius 1 is 0.926 bits per heavy atom. The average Bonchev–Trinajstić information content (AvgIpc) is 3.36. The zero-order valence-electron chi connectivity index (χ0n) is 16.5. The van der Waals surface area contributed by atoms with Crippen LogP contribution in [0.15, 0.2) is 60.8 Å². The highest BCUT2D eigenvalue weighted by Gasteiger charge is 2.06. The van der Waals surface area contributed by atoms with Crippen LogP contribution in [0.2, 0.25) is 0 Å². The maximum absolute atomic E-state index is 5.36. The van der Waals surface area contributed by atoms with Crippen LogP contribution in [0.25, 0.3) is 0 Å². The minimum atomic E-state index is 0.775. The van der Waals surface area contributed by atoms with Gasteiger partial charge in [-0.2, -0.15) is 11.8 Å². The summed E-state index contributed by atoms with van der Waals surface area (Å²) in [5, 5.41) is 6.28. The van der Waals surface area contributed by atoms with Crippen LogP contribution >= 0.6 is 11.8 Å². The summed E-state index contributed by atoms with van der Waals surface area (Å²) in [7, 11) is 0. The third kappa shape index (κ3) is 7.59. The minimum Gasteiger partial charge on any atom is -0.490 e. The second kappa shape index (κ2) is 13.2. The molecule has 0 bridgehead atoms. The molecule has 27 heavy (non-hydrogen) atoms. The molecule has 5 rings (SSSR count). The molecule has 3 nitrogen and oxygen atoms in total. The lowest BCUT2D eigenvalue weighted by Crippen LogP contribution is -2.17. The van der Waals surface area contributed by atoms with Crippen molar-refractivity contribution in [1.82, 2.24) is 5.32 Å². The summed E-state index contributed by atoms with van der Waals surface area (Å²) in [5.41, 5.74) is 4.20. The van der Waals surface area contributed by atoms with E-state index in [9.17, 15) is 0 Å². The molecule has 3 heterocycles. The van der Waals surface area contributed by atoms with Crippen molar-refractivity contribution in [2.24, 2.45) is 0 Å². The molecule has 3 aliphatic rings. The number of nitrogens with one attached hydrogen (secondary N) is 2. The molecule has 0 saturated carbocycles. The largest absolute Gasteiger partial charge is 0.490 e. The SMILES string of the molecule is C1=CNCC1.CC.c1ccc2c(c1)CCSC2.c1ccc2c(c1)NCCO2. The van der Waals surface area contributed by atoms with Gasteiger partial charge < -0.3 is 15.4 Å². The fraction of sp³-hybridized carbons (Fsp3) is 0.391. The second-order valence-corrected chi connectivity index (χ2v) is 7.09. The van der Waals surface area contributed by atoms with Gasteiger partial charge >= 0.3 is 0 Å².